The molecule has 0 unspecified atom stereocenters. The summed E-state index contributed by atoms with van der Waals surface area (Å²) in [5.41, 5.74) is 6.53. The van der Waals surface area contributed by atoms with Gasteiger partial charge in [-0.25, -0.2) is 9.37 Å². The minimum Gasteiger partial charge on any atom is -0.543 e. The van der Waals surface area contributed by atoms with Gasteiger partial charge in [-0.15, -0.1) is 0 Å². The third kappa shape index (κ3) is 4.76. The summed E-state index contributed by atoms with van der Waals surface area (Å²) < 4.78 is 27.0. The molecule has 0 aliphatic heterocycles. The monoisotopic (exact) mass is 440 g/mol. The van der Waals surface area contributed by atoms with Crippen molar-refractivity contribution in [1.82, 2.24) is 4.98 Å². The first-order valence-electron chi connectivity index (χ1n) is 8.47. The number of benzene rings is 1. The van der Waals surface area contributed by atoms with Crippen LogP contribution < -0.4 is 14.9 Å². The van der Waals surface area contributed by atoms with Gasteiger partial charge in [0.25, 0.3) is 0 Å². The van der Waals surface area contributed by atoms with Gasteiger partial charge >= 0.3 is 0 Å². The number of anilines is 1. The van der Waals surface area contributed by atoms with Crippen LogP contribution in [-0.2, 0) is 0 Å². The topological polar surface area (TPSA) is 57.4 Å². The molecule has 0 aliphatic rings. The van der Waals surface area contributed by atoms with Gasteiger partial charge in [0, 0.05) is 16.2 Å². The first-order valence-corrected chi connectivity index (χ1v) is 12.2. The molecule has 26 heavy (non-hydrogen) atoms. The number of nitrogens with two attached hydrogens (primary N) is 1. The highest BCUT2D eigenvalue weighted by Gasteiger charge is 2.39. The second-order valence-electron chi connectivity index (χ2n) is 7.84. The maximum atomic E-state index is 13.9. The van der Waals surface area contributed by atoms with Crippen LogP contribution in [0.25, 0.3) is 0 Å². The Morgan fingerprint density at radius 1 is 1.19 bits per heavy atom. The predicted octanol–water partition coefficient (Wildman–Crippen LogP) is 6.09. The minimum atomic E-state index is -2.07. The molecule has 4 nitrogen and oxygen atoms in total. The molecule has 0 spiro atoms. The summed E-state index contributed by atoms with van der Waals surface area (Å²) in [6.07, 6.45) is 1.14. The Morgan fingerprint density at radius 2 is 1.85 bits per heavy atom. The molecule has 0 fully saturated rings. The Balaban J connectivity index is 2.36. The van der Waals surface area contributed by atoms with E-state index < -0.39 is 14.4 Å². The zero-order valence-electron chi connectivity index (χ0n) is 16.1. The normalized spacial score (nSPS) is 13.4. The third-order valence-corrected chi connectivity index (χ3v) is 9.51. The highest BCUT2D eigenvalue weighted by Crippen LogP contribution is 2.40. The lowest BCUT2D eigenvalue weighted by atomic mass is 10.1. The van der Waals surface area contributed by atoms with Gasteiger partial charge in [0.1, 0.15) is 17.7 Å². The zero-order chi connectivity index (χ0) is 19.7. The molecule has 1 aromatic heterocycles. The summed E-state index contributed by atoms with van der Waals surface area (Å²) in [5, 5.41) is 0.0292. The van der Waals surface area contributed by atoms with Crippen molar-refractivity contribution in [3.63, 3.8) is 0 Å². The van der Waals surface area contributed by atoms with E-state index in [2.05, 4.69) is 54.8 Å². The highest BCUT2D eigenvalue weighted by molar-refractivity contribution is 9.10. The number of rotatable bonds is 5. The fourth-order valence-electron chi connectivity index (χ4n) is 2.14. The molecule has 0 bridgehead atoms. The van der Waals surface area contributed by atoms with Crippen LogP contribution in [0.15, 0.2) is 34.9 Å². The van der Waals surface area contributed by atoms with Gasteiger partial charge in [0.05, 0.1) is 0 Å². The maximum Gasteiger partial charge on any atom is 0.250 e. The molecule has 0 saturated heterocycles. The Kier molecular flexibility index (Phi) is 6.02. The standard InChI is InChI=1S/C19H26BrFN2O2Si/c1-12(24-17-9-13(20)11-23-18(17)22)15-10-14(21)7-8-16(15)25-26(5,6)19(2,3)4/h7-12H,1-6H3,(H2,22,23)/t12-/m1/s1. The third-order valence-electron chi connectivity index (χ3n) is 4.73. The molecule has 2 rings (SSSR count). The molecule has 2 aromatic rings. The smallest absolute Gasteiger partial charge is 0.250 e. The average molecular weight is 441 g/mol. The molecule has 2 N–H and O–H groups in total. The van der Waals surface area contributed by atoms with E-state index in [-0.39, 0.29) is 16.7 Å². The highest BCUT2D eigenvalue weighted by atomic mass is 79.9. The largest absolute Gasteiger partial charge is 0.543 e. The number of ether oxygens (including phenoxy) is 1. The Labute approximate surface area is 164 Å². The number of hydrogen-bond acceptors (Lipinski definition) is 4. The van der Waals surface area contributed by atoms with Crippen LogP contribution in [-0.4, -0.2) is 13.3 Å². The molecular formula is C19H26BrFN2O2Si. The van der Waals surface area contributed by atoms with Crippen molar-refractivity contribution >= 4 is 30.1 Å². The van der Waals surface area contributed by atoms with Gasteiger partial charge in [0.15, 0.2) is 11.6 Å². The fraction of sp³-hybridized carbons (Fsp3) is 0.421. The maximum absolute atomic E-state index is 13.9. The number of nitrogens with zero attached hydrogens (tertiary/aromatic N) is 1. The van der Waals surface area contributed by atoms with E-state index in [1.165, 1.54) is 12.1 Å². The predicted molar refractivity (Wildman–Crippen MR) is 110 cm³/mol. The summed E-state index contributed by atoms with van der Waals surface area (Å²) in [6.45, 7) is 12.6. The van der Waals surface area contributed by atoms with Crippen molar-refractivity contribution in [3.05, 3.63) is 46.3 Å². The Bertz CT molecular complexity index is 794. The van der Waals surface area contributed by atoms with Gasteiger partial charge in [-0.1, -0.05) is 20.8 Å². The minimum absolute atomic E-state index is 0.0292. The van der Waals surface area contributed by atoms with Crippen LogP contribution in [0.4, 0.5) is 10.2 Å². The van der Waals surface area contributed by atoms with Gasteiger partial charge in [0.2, 0.25) is 8.32 Å². The van der Waals surface area contributed by atoms with E-state index in [0.29, 0.717) is 17.1 Å². The lowest BCUT2D eigenvalue weighted by Crippen LogP contribution is -2.44. The lowest BCUT2D eigenvalue weighted by Gasteiger charge is -2.37. The van der Waals surface area contributed by atoms with E-state index in [1.807, 2.05) is 6.92 Å². The van der Waals surface area contributed by atoms with Crippen molar-refractivity contribution in [3.8, 4) is 11.5 Å². The molecule has 7 heteroatoms. The molecule has 142 valence electrons. The number of halogens is 2. The molecule has 0 aliphatic carbocycles. The van der Waals surface area contributed by atoms with E-state index in [9.17, 15) is 4.39 Å². The van der Waals surface area contributed by atoms with E-state index in [1.54, 1.807) is 18.3 Å². The molecule has 1 heterocycles. The molecule has 0 amide bonds. The lowest BCUT2D eigenvalue weighted by molar-refractivity contribution is 0.223. The van der Waals surface area contributed by atoms with Crippen molar-refractivity contribution in [2.75, 3.05) is 5.73 Å². The van der Waals surface area contributed by atoms with Crippen LogP contribution >= 0.6 is 15.9 Å². The summed E-state index contributed by atoms with van der Waals surface area (Å²) in [6, 6.07) is 6.28. The van der Waals surface area contributed by atoms with Crippen LogP contribution in [0.5, 0.6) is 11.5 Å². The average Bonchev–Trinajstić information content (AvgIpc) is 2.51. The summed E-state index contributed by atoms with van der Waals surface area (Å²) >= 11 is 3.35. The Hall–Kier alpha value is -1.60. The summed E-state index contributed by atoms with van der Waals surface area (Å²) in [4.78, 5) is 4.06. The van der Waals surface area contributed by atoms with Crippen molar-refractivity contribution in [2.45, 2.75) is 51.9 Å². The van der Waals surface area contributed by atoms with Crippen LogP contribution in [0, 0.1) is 5.82 Å². The SMILES string of the molecule is C[C@@H](Oc1cc(Br)cnc1N)c1cc(F)ccc1O[Si](C)(C)C(C)(C)C. The number of aromatic nitrogens is 1. The Morgan fingerprint density at radius 3 is 2.46 bits per heavy atom. The first-order chi connectivity index (χ1) is 11.9. The molecule has 1 atom stereocenters. The molecule has 1 aromatic carbocycles. The number of hydrogen-bond donors (Lipinski definition) is 1. The quantitative estimate of drug-likeness (QED) is 0.571. The van der Waals surface area contributed by atoms with Crippen molar-refractivity contribution in [1.29, 1.82) is 0 Å². The van der Waals surface area contributed by atoms with E-state index in [4.69, 9.17) is 14.9 Å². The number of pyridine rings is 1. The van der Waals surface area contributed by atoms with Crippen molar-refractivity contribution in [2.24, 2.45) is 0 Å². The van der Waals surface area contributed by atoms with Gasteiger partial charge in [-0.05, 0) is 65.3 Å². The van der Waals surface area contributed by atoms with Crippen molar-refractivity contribution < 1.29 is 13.6 Å². The van der Waals surface area contributed by atoms with E-state index >= 15 is 0 Å². The molecule has 0 radical (unpaired) electrons. The second kappa shape index (κ2) is 7.56. The van der Waals surface area contributed by atoms with Crippen LogP contribution in [0.2, 0.25) is 18.1 Å². The summed E-state index contributed by atoms with van der Waals surface area (Å²) in [7, 11) is -2.07. The van der Waals surface area contributed by atoms with Gasteiger partial charge < -0.3 is 14.9 Å². The fourth-order valence-corrected chi connectivity index (χ4v) is 3.49. The number of nitrogen functional groups attached to an aromatic ring is 1. The van der Waals surface area contributed by atoms with Crippen LogP contribution in [0.1, 0.15) is 39.4 Å². The van der Waals surface area contributed by atoms with Crippen LogP contribution in [0.3, 0.4) is 0 Å². The van der Waals surface area contributed by atoms with Gasteiger partial charge in [-0.3, -0.25) is 0 Å². The second-order valence-corrected chi connectivity index (χ2v) is 13.5. The summed E-state index contributed by atoms with van der Waals surface area (Å²) in [5.74, 6) is 1.03. The van der Waals surface area contributed by atoms with E-state index in [0.717, 1.165) is 4.47 Å². The molecular weight excluding hydrogens is 415 g/mol. The zero-order valence-corrected chi connectivity index (χ0v) is 18.6. The van der Waals surface area contributed by atoms with Gasteiger partial charge in [-0.2, -0.15) is 0 Å². The first kappa shape index (κ1) is 20.7. The molecule has 0 saturated carbocycles.